The molecule has 3 amide bonds. The predicted octanol–water partition coefficient (Wildman–Crippen LogP) is 2.29. The van der Waals surface area contributed by atoms with Crippen LogP contribution in [0.25, 0.3) is 0 Å². The van der Waals surface area contributed by atoms with Crippen LogP contribution in [0.5, 0.6) is 0 Å². The van der Waals surface area contributed by atoms with Gasteiger partial charge in [0, 0.05) is 24.2 Å². The average molecular weight is 304 g/mol. The summed E-state index contributed by atoms with van der Waals surface area (Å²) in [6.07, 6.45) is 6.70. The van der Waals surface area contributed by atoms with E-state index in [0.717, 1.165) is 19.3 Å². The Bertz CT molecular complexity index is 504. The van der Waals surface area contributed by atoms with E-state index in [4.69, 9.17) is 0 Å². The topological polar surface area (TPSA) is 83.1 Å². The maximum atomic E-state index is 12.1. The number of aromatic nitrogens is 1. The van der Waals surface area contributed by atoms with Crippen LogP contribution >= 0.6 is 0 Å². The molecule has 1 aliphatic carbocycles. The Morgan fingerprint density at radius 2 is 2.14 bits per heavy atom. The number of anilines is 1. The molecule has 1 aromatic heterocycles. The standard InChI is InChI=1S/C16H24N4O2/c1-11(2)18-15(21)12-5-3-6-13(9-12)19-16(22)20-14-7-4-8-17-10-14/h4,7-8,10-13H,3,5-6,9H2,1-2H3,(H,18,21)(H2,19,20,22)/t12-,13-/m0/s1. The molecule has 0 aromatic carbocycles. The lowest BCUT2D eigenvalue weighted by Crippen LogP contribution is -2.44. The monoisotopic (exact) mass is 304 g/mol. The van der Waals surface area contributed by atoms with Crippen molar-refractivity contribution in [3.05, 3.63) is 24.5 Å². The van der Waals surface area contributed by atoms with Gasteiger partial charge in [-0.3, -0.25) is 9.78 Å². The number of carbonyl (C=O) groups excluding carboxylic acids is 2. The summed E-state index contributed by atoms with van der Waals surface area (Å²) in [7, 11) is 0. The molecule has 3 N–H and O–H groups in total. The summed E-state index contributed by atoms with van der Waals surface area (Å²) in [4.78, 5) is 28.0. The Hall–Kier alpha value is -2.11. The second-order valence-electron chi connectivity index (χ2n) is 6.06. The molecule has 0 unspecified atom stereocenters. The van der Waals surface area contributed by atoms with E-state index in [1.165, 1.54) is 0 Å². The van der Waals surface area contributed by atoms with Crippen LogP contribution in [0.4, 0.5) is 10.5 Å². The number of nitrogens with zero attached hydrogens (tertiary/aromatic N) is 1. The van der Waals surface area contributed by atoms with Crippen LogP contribution in [-0.2, 0) is 4.79 Å². The number of hydrogen-bond donors (Lipinski definition) is 3. The Labute approximate surface area is 131 Å². The maximum absolute atomic E-state index is 12.1. The van der Waals surface area contributed by atoms with E-state index in [1.54, 1.807) is 24.5 Å². The quantitative estimate of drug-likeness (QED) is 0.798. The molecule has 1 fully saturated rings. The van der Waals surface area contributed by atoms with Gasteiger partial charge in [0.1, 0.15) is 0 Å². The molecule has 0 radical (unpaired) electrons. The van der Waals surface area contributed by atoms with Crippen molar-refractivity contribution in [1.29, 1.82) is 0 Å². The van der Waals surface area contributed by atoms with Gasteiger partial charge in [-0.1, -0.05) is 6.42 Å². The van der Waals surface area contributed by atoms with Gasteiger partial charge in [-0.2, -0.15) is 0 Å². The maximum Gasteiger partial charge on any atom is 0.319 e. The van der Waals surface area contributed by atoms with Gasteiger partial charge < -0.3 is 16.0 Å². The van der Waals surface area contributed by atoms with Gasteiger partial charge in [0.25, 0.3) is 0 Å². The third-order valence-corrected chi connectivity index (χ3v) is 3.73. The molecule has 6 nitrogen and oxygen atoms in total. The van der Waals surface area contributed by atoms with Gasteiger partial charge in [0.15, 0.2) is 0 Å². The van der Waals surface area contributed by atoms with E-state index in [2.05, 4.69) is 20.9 Å². The first-order chi connectivity index (χ1) is 10.5. The van der Waals surface area contributed by atoms with Crippen molar-refractivity contribution >= 4 is 17.6 Å². The third kappa shape index (κ3) is 5.02. The lowest BCUT2D eigenvalue weighted by molar-refractivity contribution is -0.126. The smallest absolute Gasteiger partial charge is 0.319 e. The molecule has 0 bridgehead atoms. The van der Waals surface area contributed by atoms with Crippen molar-refractivity contribution in [3.63, 3.8) is 0 Å². The van der Waals surface area contributed by atoms with Crippen LogP contribution in [0, 0.1) is 5.92 Å². The minimum Gasteiger partial charge on any atom is -0.354 e. The highest BCUT2D eigenvalue weighted by atomic mass is 16.2. The van der Waals surface area contributed by atoms with E-state index in [0.29, 0.717) is 12.1 Å². The Morgan fingerprint density at radius 3 is 2.82 bits per heavy atom. The highest BCUT2D eigenvalue weighted by Crippen LogP contribution is 2.24. The number of pyridine rings is 1. The van der Waals surface area contributed by atoms with Crippen molar-refractivity contribution < 1.29 is 9.59 Å². The first-order valence-corrected chi connectivity index (χ1v) is 7.82. The van der Waals surface area contributed by atoms with Gasteiger partial charge in [-0.25, -0.2) is 4.79 Å². The van der Waals surface area contributed by atoms with E-state index < -0.39 is 0 Å². The molecule has 0 aliphatic heterocycles. The minimum absolute atomic E-state index is 0.0140. The molecule has 120 valence electrons. The number of carbonyl (C=O) groups is 2. The average Bonchev–Trinajstić information content (AvgIpc) is 2.47. The van der Waals surface area contributed by atoms with E-state index in [9.17, 15) is 9.59 Å². The fraction of sp³-hybridized carbons (Fsp3) is 0.562. The van der Waals surface area contributed by atoms with Crippen LogP contribution in [0.15, 0.2) is 24.5 Å². The second-order valence-corrected chi connectivity index (χ2v) is 6.06. The van der Waals surface area contributed by atoms with Gasteiger partial charge in [0.2, 0.25) is 5.91 Å². The molecule has 6 heteroatoms. The lowest BCUT2D eigenvalue weighted by atomic mass is 9.85. The zero-order chi connectivity index (χ0) is 15.9. The molecule has 0 saturated heterocycles. The number of hydrogen-bond acceptors (Lipinski definition) is 3. The molecule has 1 aliphatic rings. The summed E-state index contributed by atoms with van der Waals surface area (Å²) >= 11 is 0. The molecule has 1 aromatic rings. The molecular weight excluding hydrogens is 280 g/mol. The number of nitrogens with one attached hydrogen (secondary N) is 3. The van der Waals surface area contributed by atoms with E-state index >= 15 is 0 Å². The van der Waals surface area contributed by atoms with Crippen molar-refractivity contribution in [1.82, 2.24) is 15.6 Å². The van der Waals surface area contributed by atoms with Crippen LogP contribution in [0.3, 0.4) is 0 Å². The predicted molar refractivity (Wildman–Crippen MR) is 85.4 cm³/mol. The SMILES string of the molecule is CC(C)NC(=O)[C@H]1CCC[C@H](NC(=O)Nc2cccnc2)C1. The van der Waals surface area contributed by atoms with Crippen LogP contribution < -0.4 is 16.0 Å². The number of urea groups is 1. The van der Waals surface area contributed by atoms with Crippen molar-refractivity contribution in [2.45, 2.75) is 51.6 Å². The van der Waals surface area contributed by atoms with Crippen LogP contribution in [-0.4, -0.2) is 29.0 Å². The first-order valence-electron chi connectivity index (χ1n) is 7.82. The van der Waals surface area contributed by atoms with Gasteiger partial charge in [-0.05, 0) is 45.2 Å². The summed E-state index contributed by atoms with van der Waals surface area (Å²) in [6, 6.07) is 3.49. The molecule has 22 heavy (non-hydrogen) atoms. The largest absolute Gasteiger partial charge is 0.354 e. The third-order valence-electron chi connectivity index (χ3n) is 3.73. The Morgan fingerprint density at radius 1 is 1.32 bits per heavy atom. The summed E-state index contributed by atoms with van der Waals surface area (Å²) in [5.41, 5.74) is 0.657. The molecule has 0 spiro atoms. The number of amides is 3. The first kappa shape index (κ1) is 16.3. The summed E-state index contributed by atoms with van der Waals surface area (Å²) in [5, 5.41) is 8.65. The molecule has 2 rings (SSSR count). The summed E-state index contributed by atoms with van der Waals surface area (Å²) < 4.78 is 0. The summed E-state index contributed by atoms with van der Waals surface area (Å²) in [5.74, 6) is 0.0778. The molecule has 1 heterocycles. The van der Waals surface area contributed by atoms with E-state index in [1.807, 2.05) is 13.8 Å². The van der Waals surface area contributed by atoms with Crippen LogP contribution in [0.2, 0.25) is 0 Å². The zero-order valence-electron chi connectivity index (χ0n) is 13.1. The Balaban J connectivity index is 1.82. The van der Waals surface area contributed by atoms with Crippen molar-refractivity contribution in [3.8, 4) is 0 Å². The number of rotatable bonds is 4. The van der Waals surface area contributed by atoms with Crippen LogP contribution in [0.1, 0.15) is 39.5 Å². The fourth-order valence-corrected chi connectivity index (χ4v) is 2.75. The normalized spacial score (nSPS) is 21.2. The van der Waals surface area contributed by atoms with Gasteiger partial charge >= 0.3 is 6.03 Å². The van der Waals surface area contributed by atoms with Crippen molar-refractivity contribution in [2.75, 3.05) is 5.32 Å². The highest BCUT2D eigenvalue weighted by Gasteiger charge is 2.28. The molecule has 1 saturated carbocycles. The lowest BCUT2D eigenvalue weighted by Gasteiger charge is -2.29. The van der Waals surface area contributed by atoms with Gasteiger partial charge in [-0.15, -0.1) is 0 Å². The Kier molecular flexibility index (Phi) is 5.75. The van der Waals surface area contributed by atoms with Gasteiger partial charge in [0.05, 0.1) is 11.9 Å². The zero-order valence-corrected chi connectivity index (χ0v) is 13.1. The second kappa shape index (κ2) is 7.77. The molecular formula is C16H24N4O2. The minimum atomic E-state index is -0.247. The highest BCUT2D eigenvalue weighted by molar-refractivity contribution is 5.89. The summed E-state index contributed by atoms with van der Waals surface area (Å²) in [6.45, 7) is 3.91. The fourth-order valence-electron chi connectivity index (χ4n) is 2.75. The van der Waals surface area contributed by atoms with Crippen molar-refractivity contribution in [2.24, 2.45) is 5.92 Å². The molecule has 2 atom stereocenters. The van der Waals surface area contributed by atoms with E-state index in [-0.39, 0.29) is 29.9 Å².